The summed E-state index contributed by atoms with van der Waals surface area (Å²) in [6.07, 6.45) is 0. The van der Waals surface area contributed by atoms with Crippen molar-refractivity contribution in [2.24, 2.45) is 0 Å². The average molecular weight is 128 g/mol. The average Bonchev–Trinajstić information content (AvgIpc) is 0.811. The molecule has 3 N–H and O–H groups in total. The maximum Gasteiger partial charge on any atom is 2.00 e. The number of carboxylic acid groups (broad SMARTS) is 1. The normalized spacial score (nSPS) is 3.43. The third kappa shape index (κ3) is 230. The molecule has 0 rings (SSSR count). The molecule has 0 aliphatic carbocycles. The topological polar surface area (TPSA) is 68.8 Å². The van der Waals surface area contributed by atoms with Crippen LogP contribution in [0.15, 0.2) is 0 Å². The predicted molar refractivity (Wildman–Crippen MR) is 30.3 cm³/mol. The molecule has 0 atom stereocenters. The molecule has 36 valence electrons. The van der Waals surface area contributed by atoms with Crippen molar-refractivity contribution in [3.8, 4) is 0 Å². The molecule has 0 aliphatic heterocycles. The van der Waals surface area contributed by atoms with Gasteiger partial charge >= 0.3 is 46.1 Å². The first-order valence-electron chi connectivity index (χ1n) is 0.781. The summed E-state index contributed by atoms with van der Waals surface area (Å²) in [5, 5.41) is 7.31. The molecule has 0 saturated heterocycles. The smallest absolute Gasteiger partial charge is 1.00 e. The quantitative estimate of drug-likeness (QED) is 0.320. The summed E-state index contributed by atoms with van der Waals surface area (Å²) in [6, 6.07) is 0. The Labute approximate surface area is 77.1 Å². The van der Waals surface area contributed by atoms with Crippen molar-refractivity contribution < 1.29 is 18.2 Å². The SMILES string of the molecule is O.[CH2-]C(=O)O.[H-].[H-].[Mg+2].[Mg+2]. The molecule has 0 fully saturated rings. The molecule has 0 amide bonds. The molecule has 0 unspecified atom stereocenters. The van der Waals surface area contributed by atoms with Crippen LogP contribution in [0, 0.1) is 6.92 Å². The number of carbonyl (C=O) groups is 1. The van der Waals surface area contributed by atoms with Gasteiger partial charge in [0, 0.05) is 0 Å². The summed E-state index contributed by atoms with van der Waals surface area (Å²) in [7, 11) is 0. The predicted octanol–water partition coefficient (Wildman–Crippen LogP) is -1.46. The zero-order valence-electron chi connectivity index (χ0n) is 5.98. The molecule has 0 heterocycles. The minimum absolute atomic E-state index is 0. The Morgan fingerprint density at radius 2 is 1.57 bits per heavy atom. The van der Waals surface area contributed by atoms with Crippen LogP contribution in [-0.4, -0.2) is 62.7 Å². The second kappa shape index (κ2) is 15.8. The van der Waals surface area contributed by atoms with Crippen molar-refractivity contribution in [3.05, 3.63) is 6.92 Å². The fraction of sp³-hybridized carbons (Fsp3) is 0. The van der Waals surface area contributed by atoms with E-state index in [1.54, 1.807) is 0 Å². The van der Waals surface area contributed by atoms with E-state index >= 15 is 0 Å². The van der Waals surface area contributed by atoms with E-state index in [0.717, 1.165) is 0 Å². The molecule has 7 heavy (non-hydrogen) atoms. The van der Waals surface area contributed by atoms with E-state index in [0.29, 0.717) is 0 Å². The van der Waals surface area contributed by atoms with Crippen molar-refractivity contribution >= 4 is 52.1 Å². The van der Waals surface area contributed by atoms with Crippen molar-refractivity contribution in [2.45, 2.75) is 0 Å². The van der Waals surface area contributed by atoms with Gasteiger partial charge in [0.15, 0.2) is 5.97 Å². The number of carboxylic acids is 1. The first kappa shape index (κ1) is 24.9. The number of hydrogen-bond donors (Lipinski definition) is 1. The molecule has 0 saturated carbocycles. The van der Waals surface area contributed by atoms with Gasteiger partial charge in [-0.1, -0.05) is 0 Å². The summed E-state index contributed by atoms with van der Waals surface area (Å²) in [5.41, 5.74) is 0. The molecular weight excluding hydrogens is 121 g/mol. The minimum atomic E-state index is -1.08. The maximum atomic E-state index is 8.89. The van der Waals surface area contributed by atoms with E-state index in [1.165, 1.54) is 0 Å². The Hall–Kier alpha value is 0.832. The first-order valence-corrected chi connectivity index (χ1v) is 0.781. The summed E-state index contributed by atoms with van der Waals surface area (Å²) in [4.78, 5) is 8.89. The van der Waals surface area contributed by atoms with E-state index < -0.39 is 5.97 Å². The van der Waals surface area contributed by atoms with Gasteiger partial charge in [0.2, 0.25) is 0 Å². The molecule has 0 aromatic heterocycles. The summed E-state index contributed by atoms with van der Waals surface area (Å²) in [6.45, 7) is 2.56. The number of hydrogen-bond acceptors (Lipinski definition) is 1. The fourth-order valence-electron chi connectivity index (χ4n) is 0. The molecule has 5 heteroatoms. The van der Waals surface area contributed by atoms with Crippen LogP contribution >= 0.6 is 0 Å². The van der Waals surface area contributed by atoms with Gasteiger partial charge in [0.1, 0.15) is 0 Å². The molecule has 0 spiro atoms. The van der Waals surface area contributed by atoms with Crippen LogP contribution < -0.4 is 0 Å². The van der Waals surface area contributed by atoms with Crippen LogP contribution in [0.4, 0.5) is 0 Å². The Kier molecular flexibility index (Phi) is 56.3. The fourth-order valence-corrected chi connectivity index (χ4v) is 0. The van der Waals surface area contributed by atoms with Crippen LogP contribution in [0.25, 0.3) is 0 Å². The molecular formula is C2H7Mg2O3+. The van der Waals surface area contributed by atoms with E-state index in [1.807, 2.05) is 0 Å². The summed E-state index contributed by atoms with van der Waals surface area (Å²) >= 11 is 0. The minimum Gasteiger partial charge on any atom is -1.00 e. The number of rotatable bonds is 0. The van der Waals surface area contributed by atoms with Crippen molar-refractivity contribution in [1.82, 2.24) is 0 Å². The Morgan fingerprint density at radius 3 is 1.57 bits per heavy atom. The molecule has 0 radical (unpaired) electrons. The van der Waals surface area contributed by atoms with Crippen molar-refractivity contribution in [1.29, 1.82) is 0 Å². The largest absolute Gasteiger partial charge is 2.00 e. The third-order valence-corrected chi connectivity index (χ3v) is 0. The van der Waals surface area contributed by atoms with Crippen LogP contribution in [-0.2, 0) is 4.79 Å². The standard InChI is InChI=1S/C2H3O2.2Mg.H2O.2H/c1-2(3)4;;;;;/h1H2,(H,3,4);;;1H2;;/q-1;2*+2;;2*-1. The van der Waals surface area contributed by atoms with Crippen LogP contribution in [0.2, 0.25) is 0 Å². The van der Waals surface area contributed by atoms with Gasteiger partial charge in [-0.2, -0.15) is 0 Å². The number of aliphatic carboxylic acids is 1. The van der Waals surface area contributed by atoms with E-state index in [9.17, 15) is 0 Å². The summed E-state index contributed by atoms with van der Waals surface area (Å²) < 4.78 is 0. The van der Waals surface area contributed by atoms with E-state index in [2.05, 4.69) is 6.92 Å². The first-order chi connectivity index (χ1) is 1.73. The van der Waals surface area contributed by atoms with Crippen molar-refractivity contribution in [3.63, 3.8) is 0 Å². The summed E-state index contributed by atoms with van der Waals surface area (Å²) in [5.74, 6) is -1.08. The zero-order chi connectivity index (χ0) is 3.58. The molecule has 0 aromatic carbocycles. The van der Waals surface area contributed by atoms with Gasteiger partial charge in [-0.3, -0.25) is 11.7 Å². The van der Waals surface area contributed by atoms with Crippen LogP contribution in [0.3, 0.4) is 0 Å². The Bertz CT molecular complexity index is 40.8. The van der Waals surface area contributed by atoms with Crippen LogP contribution in [0.5, 0.6) is 0 Å². The van der Waals surface area contributed by atoms with Gasteiger partial charge in [-0.25, -0.2) is 0 Å². The second-order valence-corrected chi connectivity index (χ2v) is 0.394. The molecule has 3 nitrogen and oxygen atoms in total. The molecule has 0 aliphatic rings. The zero-order valence-corrected chi connectivity index (χ0v) is 6.81. The van der Waals surface area contributed by atoms with Crippen molar-refractivity contribution in [2.75, 3.05) is 0 Å². The second-order valence-electron chi connectivity index (χ2n) is 0.394. The molecule has 0 bridgehead atoms. The van der Waals surface area contributed by atoms with Gasteiger partial charge in [-0.15, -0.1) is 0 Å². The van der Waals surface area contributed by atoms with Crippen LogP contribution in [0.1, 0.15) is 2.85 Å². The van der Waals surface area contributed by atoms with Gasteiger partial charge in [0.05, 0.1) is 0 Å². The Balaban J connectivity index is -0.00000000450. The Morgan fingerprint density at radius 1 is 1.57 bits per heavy atom. The van der Waals surface area contributed by atoms with Gasteiger partial charge in [-0.05, 0) is 0 Å². The third-order valence-electron chi connectivity index (χ3n) is 0. The van der Waals surface area contributed by atoms with Gasteiger partial charge in [0.25, 0.3) is 0 Å². The monoisotopic (exact) mass is 127 g/mol. The van der Waals surface area contributed by atoms with E-state index in [4.69, 9.17) is 9.90 Å². The maximum absolute atomic E-state index is 8.89. The van der Waals surface area contributed by atoms with Gasteiger partial charge < -0.3 is 13.4 Å². The molecule has 0 aromatic rings. The van der Waals surface area contributed by atoms with E-state index in [-0.39, 0.29) is 54.4 Å².